The van der Waals surface area contributed by atoms with Gasteiger partial charge in [0.05, 0.1) is 36.7 Å². The zero-order valence-corrected chi connectivity index (χ0v) is 11.9. The van der Waals surface area contributed by atoms with Gasteiger partial charge in [-0.3, -0.25) is 14.9 Å². The number of hydrogen-bond acceptors (Lipinski definition) is 7. The normalized spacial score (nSPS) is 21.0. The molecule has 8 heteroatoms. The minimum Gasteiger partial charge on any atom is -0.469 e. The molecule has 2 rings (SSSR count). The number of hydrogen-bond donors (Lipinski definition) is 0. The van der Waals surface area contributed by atoms with Gasteiger partial charge in [-0.1, -0.05) is 0 Å². The van der Waals surface area contributed by atoms with E-state index >= 15 is 0 Å². The zero-order valence-electron chi connectivity index (χ0n) is 11.9. The zero-order chi connectivity index (χ0) is 16.1. The predicted molar refractivity (Wildman–Crippen MR) is 73.2 cm³/mol. The Balaban J connectivity index is 1.96. The Morgan fingerprint density at radius 2 is 1.95 bits per heavy atom. The first kappa shape index (κ1) is 15.9. The van der Waals surface area contributed by atoms with Crippen molar-refractivity contribution in [2.24, 2.45) is 5.92 Å². The molecular weight excluding hydrogens is 294 g/mol. The molecule has 0 spiro atoms. The lowest BCUT2D eigenvalue weighted by Gasteiger charge is -2.27. The van der Waals surface area contributed by atoms with Crippen molar-refractivity contribution in [3.63, 3.8) is 0 Å². The van der Waals surface area contributed by atoms with Gasteiger partial charge in [-0.15, -0.1) is 0 Å². The highest BCUT2D eigenvalue weighted by Gasteiger charge is 2.31. The van der Waals surface area contributed by atoms with Crippen molar-refractivity contribution in [1.29, 1.82) is 0 Å². The minimum atomic E-state index is -0.617. The summed E-state index contributed by atoms with van der Waals surface area (Å²) in [7, 11) is 1.29. The van der Waals surface area contributed by atoms with Crippen molar-refractivity contribution in [1.82, 2.24) is 0 Å². The summed E-state index contributed by atoms with van der Waals surface area (Å²) in [6.07, 6.45) is -0.230. The average molecular weight is 309 g/mol. The van der Waals surface area contributed by atoms with Crippen LogP contribution in [0.4, 0.5) is 5.69 Å². The van der Waals surface area contributed by atoms with E-state index in [1.54, 1.807) is 0 Å². The number of non-ortho nitro benzene ring substituents is 1. The number of carbonyl (C=O) groups is 2. The highest BCUT2D eigenvalue weighted by molar-refractivity contribution is 5.89. The fourth-order valence-corrected chi connectivity index (χ4v) is 2.15. The smallest absolute Gasteiger partial charge is 0.338 e. The van der Waals surface area contributed by atoms with Crippen LogP contribution >= 0.6 is 0 Å². The first-order valence-corrected chi connectivity index (χ1v) is 6.62. The number of nitro benzene ring substituents is 1. The lowest BCUT2D eigenvalue weighted by Crippen LogP contribution is -2.37. The van der Waals surface area contributed by atoms with E-state index in [1.807, 2.05) is 0 Å². The second-order valence-corrected chi connectivity index (χ2v) is 4.82. The Kier molecular flexibility index (Phi) is 5.05. The van der Waals surface area contributed by atoms with Crippen LogP contribution in [0.15, 0.2) is 24.3 Å². The maximum Gasteiger partial charge on any atom is 0.338 e. The fourth-order valence-electron chi connectivity index (χ4n) is 2.15. The van der Waals surface area contributed by atoms with E-state index in [0.29, 0.717) is 6.42 Å². The SMILES string of the molecule is COC(=O)[C@H]1COC[C@H](OC(=O)c2ccc([N+](=O)[O-])cc2)C1. The molecule has 8 nitrogen and oxygen atoms in total. The standard InChI is InChI=1S/C14H15NO7/c1-20-13(16)10-6-12(8-21-7-10)22-14(17)9-2-4-11(5-3-9)15(18)19/h2-5,10,12H,6-8H2,1H3/t10-,12-/m1/s1. The molecule has 22 heavy (non-hydrogen) atoms. The van der Waals surface area contributed by atoms with Crippen LogP contribution in [0.5, 0.6) is 0 Å². The summed E-state index contributed by atoms with van der Waals surface area (Å²) in [5.74, 6) is -1.49. The molecule has 1 saturated heterocycles. The molecule has 1 fully saturated rings. The number of ether oxygens (including phenoxy) is 3. The number of esters is 2. The first-order chi connectivity index (χ1) is 10.5. The number of rotatable bonds is 4. The molecule has 1 heterocycles. The summed E-state index contributed by atoms with van der Waals surface area (Å²) in [4.78, 5) is 33.4. The van der Waals surface area contributed by atoms with Gasteiger partial charge < -0.3 is 14.2 Å². The van der Waals surface area contributed by atoms with Crippen LogP contribution in [-0.4, -0.2) is 43.3 Å². The van der Waals surface area contributed by atoms with E-state index in [0.717, 1.165) is 0 Å². The van der Waals surface area contributed by atoms with E-state index in [-0.39, 0.29) is 24.5 Å². The molecule has 0 unspecified atom stereocenters. The highest BCUT2D eigenvalue weighted by atomic mass is 16.6. The van der Waals surface area contributed by atoms with Crippen LogP contribution in [0.1, 0.15) is 16.8 Å². The van der Waals surface area contributed by atoms with Crippen LogP contribution in [0, 0.1) is 16.0 Å². The topological polar surface area (TPSA) is 105 Å². The monoisotopic (exact) mass is 309 g/mol. The third-order valence-corrected chi connectivity index (χ3v) is 3.29. The molecule has 0 amide bonds. The third-order valence-electron chi connectivity index (χ3n) is 3.29. The van der Waals surface area contributed by atoms with Crippen LogP contribution < -0.4 is 0 Å². The van der Waals surface area contributed by atoms with Gasteiger partial charge in [0.2, 0.25) is 0 Å². The lowest BCUT2D eigenvalue weighted by molar-refractivity contribution is -0.384. The number of nitrogens with zero attached hydrogens (tertiary/aromatic N) is 1. The number of nitro groups is 1. The van der Waals surface area contributed by atoms with Crippen LogP contribution in [0.2, 0.25) is 0 Å². The van der Waals surface area contributed by atoms with Crippen molar-refractivity contribution in [2.45, 2.75) is 12.5 Å². The van der Waals surface area contributed by atoms with E-state index in [4.69, 9.17) is 9.47 Å². The fraction of sp³-hybridized carbons (Fsp3) is 0.429. The van der Waals surface area contributed by atoms with Gasteiger partial charge in [0.15, 0.2) is 0 Å². The summed E-state index contributed by atoms with van der Waals surface area (Å²) >= 11 is 0. The quantitative estimate of drug-likeness (QED) is 0.469. The number of carbonyl (C=O) groups excluding carboxylic acids is 2. The molecule has 1 aliphatic rings. The van der Waals surface area contributed by atoms with Crippen LogP contribution in [-0.2, 0) is 19.0 Å². The number of methoxy groups -OCH3 is 1. The summed E-state index contributed by atoms with van der Waals surface area (Å²) < 4.78 is 15.1. The van der Waals surface area contributed by atoms with Gasteiger partial charge in [0, 0.05) is 18.6 Å². The molecule has 0 aromatic heterocycles. The largest absolute Gasteiger partial charge is 0.469 e. The van der Waals surface area contributed by atoms with Crippen LogP contribution in [0.3, 0.4) is 0 Å². The molecule has 1 aromatic carbocycles. The molecule has 0 aliphatic carbocycles. The Morgan fingerprint density at radius 1 is 1.27 bits per heavy atom. The predicted octanol–water partition coefficient (Wildman–Crippen LogP) is 1.33. The summed E-state index contributed by atoms with van der Waals surface area (Å²) in [6, 6.07) is 5.10. The number of benzene rings is 1. The van der Waals surface area contributed by atoms with Crippen molar-refractivity contribution in [3.8, 4) is 0 Å². The minimum absolute atomic E-state index is 0.108. The maximum atomic E-state index is 12.0. The molecule has 2 atom stereocenters. The first-order valence-electron chi connectivity index (χ1n) is 6.62. The van der Waals surface area contributed by atoms with Crippen LogP contribution in [0.25, 0.3) is 0 Å². The van der Waals surface area contributed by atoms with E-state index < -0.39 is 28.9 Å². The lowest BCUT2D eigenvalue weighted by atomic mass is 10.0. The second kappa shape index (κ2) is 6.99. The molecule has 1 aliphatic heterocycles. The van der Waals surface area contributed by atoms with Gasteiger partial charge in [-0.2, -0.15) is 0 Å². The molecule has 1 aromatic rings. The molecule has 0 N–H and O–H groups in total. The van der Waals surface area contributed by atoms with E-state index in [1.165, 1.54) is 31.4 Å². The summed E-state index contributed by atoms with van der Waals surface area (Å²) in [5.41, 5.74) is 0.0918. The molecule has 0 bridgehead atoms. The van der Waals surface area contributed by atoms with Crippen molar-refractivity contribution in [2.75, 3.05) is 20.3 Å². The van der Waals surface area contributed by atoms with Crippen molar-refractivity contribution < 1.29 is 28.7 Å². The Morgan fingerprint density at radius 3 is 2.55 bits per heavy atom. The third kappa shape index (κ3) is 3.79. The molecule has 118 valence electrons. The molecular formula is C14H15NO7. The highest BCUT2D eigenvalue weighted by Crippen LogP contribution is 2.20. The van der Waals surface area contributed by atoms with Gasteiger partial charge in [-0.05, 0) is 12.1 Å². The Bertz CT molecular complexity index is 569. The van der Waals surface area contributed by atoms with Gasteiger partial charge >= 0.3 is 11.9 Å². The van der Waals surface area contributed by atoms with Gasteiger partial charge in [0.1, 0.15) is 6.10 Å². The summed E-state index contributed by atoms with van der Waals surface area (Å²) in [6.45, 7) is 0.435. The van der Waals surface area contributed by atoms with Gasteiger partial charge in [0.25, 0.3) is 5.69 Å². The Labute approximate surface area is 126 Å². The van der Waals surface area contributed by atoms with Crippen molar-refractivity contribution >= 4 is 17.6 Å². The molecule has 0 saturated carbocycles. The Hall–Kier alpha value is -2.48. The van der Waals surface area contributed by atoms with E-state index in [2.05, 4.69) is 4.74 Å². The molecule has 0 radical (unpaired) electrons. The van der Waals surface area contributed by atoms with E-state index in [9.17, 15) is 19.7 Å². The summed E-state index contributed by atoms with van der Waals surface area (Å²) in [5, 5.41) is 10.6. The maximum absolute atomic E-state index is 12.0. The van der Waals surface area contributed by atoms with Crippen molar-refractivity contribution in [3.05, 3.63) is 39.9 Å². The second-order valence-electron chi connectivity index (χ2n) is 4.82. The van der Waals surface area contributed by atoms with Gasteiger partial charge in [-0.25, -0.2) is 4.79 Å². The average Bonchev–Trinajstić information content (AvgIpc) is 2.54.